The minimum absolute atomic E-state index is 0.00839. The molecule has 65 heavy (non-hydrogen) atoms. The van der Waals surface area contributed by atoms with Crippen molar-refractivity contribution in [3.63, 3.8) is 0 Å². The van der Waals surface area contributed by atoms with Gasteiger partial charge in [-0.3, -0.25) is 9.59 Å². The fourth-order valence-electron chi connectivity index (χ4n) is 9.71. The molecule has 0 aromatic heterocycles. The average molecular weight is 938 g/mol. The Balaban J connectivity index is 1.71. The first-order chi connectivity index (χ1) is 30.6. The van der Waals surface area contributed by atoms with Gasteiger partial charge < -0.3 is 80.9 Å². The van der Waals surface area contributed by atoms with Crippen molar-refractivity contribution >= 4 is 11.9 Å². The molecule has 0 spiro atoms. The highest BCUT2D eigenvalue weighted by Gasteiger charge is 2.51. The number of nitrogens with two attached hydrogens (primary N) is 1. The number of aliphatic carboxylic acids is 1. The van der Waals surface area contributed by atoms with Gasteiger partial charge in [0.15, 0.2) is 12.1 Å². The van der Waals surface area contributed by atoms with Crippen LogP contribution in [0, 0.1) is 17.8 Å². The van der Waals surface area contributed by atoms with Crippen molar-refractivity contribution in [2.75, 3.05) is 0 Å². The van der Waals surface area contributed by atoms with Crippen LogP contribution in [0.2, 0.25) is 0 Å². The molecule has 0 aliphatic carbocycles. The third kappa shape index (κ3) is 19.7. The van der Waals surface area contributed by atoms with E-state index in [2.05, 4.69) is 0 Å². The van der Waals surface area contributed by atoms with Crippen LogP contribution < -0.4 is 5.73 Å². The number of cyclic esters (lactones) is 1. The molecule has 19 atom stereocenters. The van der Waals surface area contributed by atoms with Gasteiger partial charge in [-0.25, -0.2) is 0 Å². The molecule has 0 aromatic rings. The maximum Gasteiger partial charge on any atom is 0.311 e. The SMILES string of the molecule is C[C@@H]1[C@H](O)[C@@H](C)CCCCCCCCCCCCCC[C@H](O[C@@H]2O[C@H](C)[C@@H](O)[C@H](N)[C@@H]2O)C[C@@H]2O[C@](O)(C[C@@H](O)C[C@@H](O)[C@H](O)CC[C@@H](O)C[C@@H](O)CC(=O)O[C@H]1C)C[C@H](O)[C@H]2C(=O)O. The molecule has 3 aliphatic heterocycles. The first-order valence-corrected chi connectivity index (χ1v) is 24.6. The highest BCUT2D eigenvalue weighted by molar-refractivity contribution is 5.71. The highest BCUT2D eigenvalue weighted by atomic mass is 16.7. The smallest absolute Gasteiger partial charge is 0.311 e. The van der Waals surface area contributed by atoms with E-state index in [0.29, 0.717) is 12.8 Å². The summed E-state index contributed by atoms with van der Waals surface area (Å²) in [5, 5.41) is 119. The van der Waals surface area contributed by atoms with Gasteiger partial charge in [-0.05, 0) is 51.9 Å². The highest BCUT2D eigenvalue weighted by Crippen LogP contribution is 2.39. The maximum atomic E-state index is 12.7. The molecule has 13 N–H and O–H groups in total. The van der Waals surface area contributed by atoms with E-state index in [1.807, 2.05) is 13.8 Å². The van der Waals surface area contributed by atoms with Crippen LogP contribution in [0.5, 0.6) is 0 Å². The number of carbonyl (C=O) groups excluding carboxylic acids is 1. The zero-order valence-electron chi connectivity index (χ0n) is 39.4. The van der Waals surface area contributed by atoms with Crippen molar-refractivity contribution in [2.24, 2.45) is 23.5 Å². The van der Waals surface area contributed by atoms with E-state index in [0.717, 1.165) is 77.0 Å². The molecule has 0 unspecified atom stereocenters. The number of aliphatic hydroxyl groups is 10. The lowest BCUT2D eigenvalue weighted by Gasteiger charge is -2.45. The van der Waals surface area contributed by atoms with E-state index >= 15 is 0 Å². The summed E-state index contributed by atoms with van der Waals surface area (Å²) in [6, 6.07) is -1.08. The molecular formula is C47H87NO17. The van der Waals surface area contributed by atoms with E-state index in [4.69, 9.17) is 24.7 Å². The molecule has 3 rings (SSSR count). The van der Waals surface area contributed by atoms with Crippen LogP contribution in [0.1, 0.15) is 169 Å². The van der Waals surface area contributed by atoms with Gasteiger partial charge in [0.25, 0.3) is 0 Å². The van der Waals surface area contributed by atoms with Crippen molar-refractivity contribution in [3.8, 4) is 0 Å². The Morgan fingerprint density at radius 2 is 1.20 bits per heavy atom. The van der Waals surface area contributed by atoms with E-state index in [9.17, 15) is 65.8 Å². The Kier molecular flexibility index (Phi) is 25.5. The Bertz CT molecular complexity index is 1350. The van der Waals surface area contributed by atoms with Gasteiger partial charge in [0, 0.05) is 31.6 Å². The van der Waals surface area contributed by atoms with E-state index in [1.54, 1.807) is 13.8 Å². The summed E-state index contributed by atoms with van der Waals surface area (Å²) >= 11 is 0. The molecule has 3 saturated heterocycles. The van der Waals surface area contributed by atoms with Gasteiger partial charge in [0.2, 0.25) is 0 Å². The Morgan fingerprint density at radius 1 is 0.631 bits per heavy atom. The maximum absolute atomic E-state index is 12.7. The zero-order chi connectivity index (χ0) is 48.4. The van der Waals surface area contributed by atoms with Gasteiger partial charge in [-0.2, -0.15) is 0 Å². The number of carboxylic acid groups (broad SMARTS) is 1. The molecule has 18 heteroatoms. The van der Waals surface area contributed by atoms with Crippen molar-refractivity contribution in [3.05, 3.63) is 0 Å². The van der Waals surface area contributed by atoms with E-state index in [-0.39, 0.29) is 37.5 Å². The number of rotatable bonds is 3. The zero-order valence-corrected chi connectivity index (χ0v) is 39.4. The summed E-state index contributed by atoms with van der Waals surface area (Å²) < 4.78 is 23.5. The average Bonchev–Trinajstić information content (AvgIpc) is 3.21. The van der Waals surface area contributed by atoms with E-state index < -0.39 is 141 Å². The van der Waals surface area contributed by atoms with Crippen LogP contribution in [0.4, 0.5) is 0 Å². The van der Waals surface area contributed by atoms with Gasteiger partial charge in [-0.1, -0.05) is 90.9 Å². The lowest BCUT2D eigenvalue weighted by atomic mass is 9.82. The normalized spacial score (nSPS) is 43.8. The molecule has 2 bridgehead atoms. The minimum Gasteiger partial charge on any atom is -0.481 e. The first-order valence-electron chi connectivity index (χ1n) is 24.6. The third-order valence-electron chi connectivity index (χ3n) is 14.1. The second kappa shape index (κ2) is 28.8. The Hall–Kier alpha value is -1.62. The molecule has 0 radical (unpaired) electrons. The number of carbonyl (C=O) groups is 2. The molecule has 0 amide bonds. The summed E-state index contributed by atoms with van der Waals surface area (Å²) in [5.74, 6) is -6.16. The lowest BCUT2D eigenvalue weighted by Crippen LogP contribution is -2.61. The number of esters is 1. The number of carboxylic acids is 1. The van der Waals surface area contributed by atoms with Crippen molar-refractivity contribution in [1.29, 1.82) is 0 Å². The summed E-state index contributed by atoms with van der Waals surface area (Å²) in [6.45, 7) is 7.11. The fraction of sp³-hybridized carbons (Fsp3) is 0.957. The second-order valence-electron chi connectivity index (χ2n) is 19.9. The Morgan fingerprint density at radius 3 is 1.78 bits per heavy atom. The number of hydrogen-bond donors (Lipinski definition) is 12. The fourth-order valence-corrected chi connectivity index (χ4v) is 9.71. The predicted octanol–water partition coefficient (Wildman–Crippen LogP) is 2.28. The standard InChI is InChI=1S/C47H87NO17/c1-27-17-15-13-11-9-7-5-6-8-10-12-14-16-18-34(64-46-44(58)41(48)43(57)30(4)63-46)24-38-40(45(59)60)37(54)26-47(61,65-38)25-33(51)22-36(53)35(52)20-19-31(49)21-32(50)23-39(55)62-29(3)28(2)42(27)56/h27-38,40-44,46,49-54,56-58,61H,5-26,48H2,1-4H3,(H,59,60)/t27-,28-,29-,30+,31+,32+,33-,34-,35+,36+,37-,38-,40+,41-,42+,43+,44-,46-,47+/m0/s1. The number of hydrogen-bond acceptors (Lipinski definition) is 17. The molecule has 3 heterocycles. The summed E-state index contributed by atoms with van der Waals surface area (Å²) in [4.78, 5) is 25.2. The largest absolute Gasteiger partial charge is 0.481 e. The van der Waals surface area contributed by atoms with Crippen LogP contribution in [0.3, 0.4) is 0 Å². The minimum atomic E-state index is -2.26. The second-order valence-corrected chi connectivity index (χ2v) is 19.9. The topological polar surface area (TPSA) is 320 Å². The van der Waals surface area contributed by atoms with Crippen LogP contribution in [-0.2, 0) is 28.5 Å². The number of aliphatic hydroxyl groups excluding tert-OH is 9. The van der Waals surface area contributed by atoms with Crippen molar-refractivity contribution in [2.45, 2.75) is 266 Å². The quantitative estimate of drug-likeness (QED) is 0.181. The van der Waals surface area contributed by atoms with Crippen LogP contribution in [0.15, 0.2) is 0 Å². The molecule has 3 fully saturated rings. The number of ether oxygens (including phenoxy) is 4. The molecule has 18 nitrogen and oxygen atoms in total. The van der Waals surface area contributed by atoms with E-state index in [1.165, 1.54) is 0 Å². The predicted molar refractivity (Wildman–Crippen MR) is 238 cm³/mol. The monoisotopic (exact) mass is 938 g/mol. The van der Waals surface area contributed by atoms with Crippen LogP contribution in [0.25, 0.3) is 0 Å². The lowest BCUT2D eigenvalue weighted by molar-refractivity contribution is -0.311. The summed E-state index contributed by atoms with van der Waals surface area (Å²) in [5.41, 5.74) is 6.07. The molecule has 3 aliphatic rings. The number of fused-ring (bicyclic) bond motifs is 2. The van der Waals surface area contributed by atoms with Crippen LogP contribution >= 0.6 is 0 Å². The molecular weight excluding hydrogens is 851 g/mol. The Labute approximate surface area is 385 Å². The van der Waals surface area contributed by atoms with Gasteiger partial charge in [0.1, 0.15) is 18.1 Å². The van der Waals surface area contributed by atoms with Gasteiger partial charge in [0.05, 0.1) is 79.6 Å². The molecule has 0 aromatic carbocycles. The molecule has 382 valence electrons. The van der Waals surface area contributed by atoms with Gasteiger partial charge >= 0.3 is 11.9 Å². The van der Waals surface area contributed by atoms with Crippen molar-refractivity contribution in [1.82, 2.24) is 0 Å². The van der Waals surface area contributed by atoms with Crippen molar-refractivity contribution < 1.29 is 84.7 Å². The van der Waals surface area contributed by atoms with Gasteiger partial charge in [-0.15, -0.1) is 0 Å². The molecule has 0 saturated carbocycles. The van der Waals surface area contributed by atoms with Crippen LogP contribution in [-0.4, -0.2) is 166 Å². The summed E-state index contributed by atoms with van der Waals surface area (Å²) in [7, 11) is 0. The summed E-state index contributed by atoms with van der Waals surface area (Å²) in [6.07, 6.45) is -5.73. The third-order valence-corrected chi connectivity index (χ3v) is 14.1. The first kappa shape index (κ1) is 57.7.